The van der Waals surface area contributed by atoms with Gasteiger partial charge in [0.2, 0.25) is 0 Å². The van der Waals surface area contributed by atoms with Gasteiger partial charge in [-0.3, -0.25) is 4.90 Å². The molecule has 5 heteroatoms. The molecule has 3 rings (SSSR count). The highest BCUT2D eigenvalue weighted by Gasteiger charge is 2.47. The zero-order valence-corrected chi connectivity index (χ0v) is 25.3. The number of aliphatic hydroxyl groups is 2. The molecular formula is C32H51NO3Si. The van der Waals surface area contributed by atoms with Crippen molar-refractivity contribution >= 4 is 8.32 Å². The molecule has 1 aliphatic heterocycles. The van der Waals surface area contributed by atoms with Gasteiger partial charge in [0, 0.05) is 25.6 Å². The summed E-state index contributed by atoms with van der Waals surface area (Å²) in [5.41, 5.74) is 3.02. The number of likely N-dealkylation sites (tertiary alicyclic amines) is 1. The summed E-state index contributed by atoms with van der Waals surface area (Å²) in [5.74, 6) is 0.926. The summed E-state index contributed by atoms with van der Waals surface area (Å²) in [5, 5.41) is 22.7. The smallest absolute Gasteiger partial charge is 0.258 e. The molecule has 0 spiro atoms. The first-order valence-corrected chi connectivity index (χ1v) is 16.6. The fourth-order valence-electron chi connectivity index (χ4n) is 6.77. The van der Waals surface area contributed by atoms with E-state index in [4.69, 9.17) is 4.43 Å². The van der Waals surface area contributed by atoms with Crippen molar-refractivity contribution in [3.63, 3.8) is 0 Å². The maximum absolute atomic E-state index is 11.5. The van der Waals surface area contributed by atoms with Crippen LogP contribution in [0, 0.1) is 0 Å². The van der Waals surface area contributed by atoms with Gasteiger partial charge in [-0.05, 0) is 59.1 Å². The number of aliphatic hydroxyl groups excluding tert-OH is 1. The van der Waals surface area contributed by atoms with E-state index in [0.717, 1.165) is 50.1 Å². The molecule has 4 nitrogen and oxygen atoms in total. The first-order chi connectivity index (χ1) is 17.5. The maximum atomic E-state index is 11.5. The molecule has 0 radical (unpaired) electrons. The van der Waals surface area contributed by atoms with Gasteiger partial charge in [-0.1, -0.05) is 97.4 Å². The second kappa shape index (κ2) is 12.9. The normalized spacial score (nSPS) is 18.4. The van der Waals surface area contributed by atoms with Crippen LogP contribution in [-0.2, 0) is 6.42 Å². The van der Waals surface area contributed by atoms with Crippen molar-refractivity contribution in [1.82, 2.24) is 4.90 Å². The van der Waals surface area contributed by atoms with E-state index >= 15 is 0 Å². The first kappa shape index (κ1) is 29.9. The summed E-state index contributed by atoms with van der Waals surface area (Å²) in [7, 11) is -2.01. The average molecular weight is 526 g/mol. The lowest BCUT2D eigenvalue weighted by Gasteiger charge is -2.43. The van der Waals surface area contributed by atoms with Crippen LogP contribution in [0.1, 0.15) is 91.4 Å². The minimum atomic E-state index is -2.01. The summed E-state index contributed by atoms with van der Waals surface area (Å²) in [6.45, 7) is 17.6. The van der Waals surface area contributed by atoms with E-state index in [0.29, 0.717) is 23.0 Å². The largest absolute Gasteiger partial charge is 0.543 e. The number of hydrogen-bond acceptors (Lipinski definition) is 4. The van der Waals surface area contributed by atoms with Gasteiger partial charge < -0.3 is 14.6 Å². The highest BCUT2D eigenvalue weighted by Crippen LogP contribution is 2.43. The molecule has 0 bridgehead atoms. The fourth-order valence-corrected chi connectivity index (χ4v) is 12.0. The van der Waals surface area contributed by atoms with Crippen LogP contribution in [0.4, 0.5) is 0 Å². The fraction of sp³-hybridized carbons (Fsp3) is 0.625. The lowest BCUT2D eigenvalue weighted by atomic mass is 9.84. The van der Waals surface area contributed by atoms with Crippen LogP contribution in [0.3, 0.4) is 0 Å². The lowest BCUT2D eigenvalue weighted by molar-refractivity contribution is -0.0507. The van der Waals surface area contributed by atoms with Gasteiger partial charge in [0.05, 0.1) is 11.7 Å². The van der Waals surface area contributed by atoms with E-state index in [1.54, 1.807) is 0 Å². The zero-order valence-electron chi connectivity index (χ0n) is 24.3. The Balaban J connectivity index is 1.69. The molecule has 206 valence electrons. The molecule has 0 aromatic heterocycles. The number of nitrogens with zero attached hydrogens (tertiary/aromatic N) is 1. The molecule has 2 aromatic rings. The van der Waals surface area contributed by atoms with E-state index < -0.39 is 20.0 Å². The Kier molecular flexibility index (Phi) is 10.4. The van der Waals surface area contributed by atoms with Gasteiger partial charge in [-0.15, -0.1) is 0 Å². The summed E-state index contributed by atoms with van der Waals surface area (Å²) in [6.07, 6.45) is 3.54. The third kappa shape index (κ3) is 7.06. The summed E-state index contributed by atoms with van der Waals surface area (Å²) in [6, 6.07) is 18.6. The van der Waals surface area contributed by atoms with Crippen molar-refractivity contribution < 1.29 is 14.6 Å². The van der Waals surface area contributed by atoms with E-state index in [1.807, 2.05) is 18.2 Å². The van der Waals surface area contributed by atoms with Crippen molar-refractivity contribution in [2.45, 2.75) is 115 Å². The van der Waals surface area contributed by atoms with E-state index in [1.165, 1.54) is 5.56 Å². The number of rotatable bonds is 12. The van der Waals surface area contributed by atoms with Crippen molar-refractivity contribution in [1.29, 1.82) is 0 Å². The third-order valence-electron chi connectivity index (χ3n) is 8.75. The summed E-state index contributed by atoms with van der Waals surface area (Å²) < 4.78 is 6.84. The van der Waals surface area contributed by atoms with Crippen molar-refractivity contribution in [2.75, 3.05) is 13.1 Å². The standard InChI is InChI=1S/C32H51NO3Si/c1-8-12-30(33-21-19-32(35,20-22-33)23-27-13-10-9-11-14-27)31(34)28-15-17-29(18-16-28)36-37(24(2)3,25(4)5)26(6)7/h9-11,13-18,24-26,30-31,34-35H,8,12,19-23H2,1-7H3/t30-,31-/m0/s1. The van der Waals surface area contributed by atoms with Crippen molar-refractivity contribution in [2.24, 2.45) is 0 Å². The van der Waals surface area contributed by atoms with E-state index in [9.17, 15) is 10.2 Å². The minimum absolute atomic E-state index is 0.0495. The van der Waals surface area contributed by atoms with Gasteiger partial charge in [-0.25, -0.2) is 0 Å². The molecule has 0 aliphatic carbocycles. The molecule has 0 saturated carbocycles. The topological polar surface area (TPSA) is 52.9 Å². The quantitative estimate of drug-likeness (QED) is 0.282. The molecule has 1 saturated heterocycles. The van der Waals surface area contributed by atoms with E-state index in [-0.39, 0.29) is 6.04 Å². The van der Waals surface area contributed by atoms with Gasteiger partial charge in [-0.2, -0.15) is 0 Å². The third-order valence-corrected chi connectivity index (χ3v) is 14.7. The molecular weight excluding hydrogens is 474 g/mol. The van der Waals surface area contributed by atoms with Gasteiger partial charge in [0.1, 0.15) is 5.75 Å². The molecule has 1 aliphatic rings. The minimum Gasteiger partial charge on any atom is -0.543 e. The molecule has 0 amide bonds. The Bertz CT molecular complexity index is 914. The Morgan fingerprint density at radius 1 is 0.865 bits per heavy atom. The summed E-state index contributed by atoms with van der Waals surface area (Å²) in [4.78, 5) is 2.40. The zero-order chi connectivity index (χ0) is 27.2. The van der Waals surface area contributed by atoms with Crippen LogP contribution < -0.4 is 4.43 Å². The van der Waals surface area contributed by atoms with Crippen LogP contribution in [0.5, 0.6) is 5.75 Å². The highest BCUT2D eigenvalue weighted by molar-refractivity contribution is 6.78. The predicted molar refractivity (Wildman–Crippen MR) is 158 cm³/mol. The van der Waals surface area contributed by atoms with E-state index in [2.05, 4.69) is 89.8 Å². The van der Waals surface area contributed by atoms with Gasteiger partial charge in [0.25, 0.3) is 8.32 Å². The number of piperidine rings is 1. The Labute approximate surface area is 227 Å². The molecule has 37 heavy (non-hydrogen) atoms. The first-order valence-electron chi connectivity index (χ1n) is 14.5. The highest BCUT2D eigenvalue weighted by atomic mass is 28.4. The lowest BCUT2D eigenvalue weighted by Crippen LogP contribution is -2.51. The van der Waals surface area contributed by atoms with Crippen LogP contribution in [0.15, 0.2) is 54.6 Å². The summed E-state index contributed by atoms with van der Waals surface area (Å²) >= 11 is 0. The maximum Gasteiger partial charge on any atom is 0.258 e. The molecule has 2 aromatic carbocycles. The monoisotopic (exact) mass is 525 g/mol. The second-order valence-corrected chi connectivity index (χ2v) is 17.6. The Hall–Kier alpha value is -1.66. The predicted octanol–water partition coefficient (Wildman–Crippen LogP) is 7.51. The molecule has 1 heterocycles. The number of hydrogen-bond donors (Lipinski definition) is 2. The Morgan fingerprint density at radius 3 is 1.89 bits per heavy atom. The Morgan fingerprint density at radius 2 is 1.41 bits per heavy atom. The van der Waals surface area contributed by atoms with Gasteiger partial charge in [0.15, 0.2) is 0 Å². The van der Waals surface area contributed by atoms with Crippen LogP contribution in [0.25, 0.3) is 0 Å². The molecule has 1 fully saturated rings. The van der Waals surface area contributed by atoms with Gasteiger partial charge >= 0.3 is 0 Å². The molecule has 2 N–H and O–H groups in total. The SMILES string of the molecule is CCC[C@@H]([C@@H](O)c1ccc(O[Si](C(C)C)(C(C)C)C(C)C)cc1)N1CCC(O)(Cc2ccccc2)CC1. The van der Waals surface area contributed by atoms with Crippen molar-refractivity contribution in [3.8, 4) is 5.75 Å². The molecule has 2 atom stereocenters. The van der Waals surface area contributed by atoms with Crippen LogP contribution in [-0.4, -0.2) is 48.2 Å². The number of benzene rings is 2. The molecule has 0 unspecified atom stereocenters. The van der Waals surface area contributed by atoms with Crippen LogP contribution >= 0.6 is 0 Å². The van der Waals surface area contributed by atoms with Crippen molar-refractivity contribution in [3.05, 3.63) is 65.7 Å². The average Bonchev–Trinajstić information content (AvgIpc) is 2.86. The van der Waals surface area contributed by atoms with Crippen LogP contribution in [0.2, 0.25) is 16.6 Å². The second-order valence-electron chi connectivity index (χ2n) is 12.2.